The Morgan fingerprint density at radius 3 is 3.00 bits per heavy atom. The number of aryl methyl sites for hydroxylation is 1. The van der Waals surface area contributed by atoms with Crippen LogP contribution in [0.5, 0.6) is 5.75 Å². The molecule has 0 heterocycles. The van der Waals surface area contributed by atoms with E-state index in [1.807, 2.05) is 31.2 Å². The van der Waals surface area contributed by atoms with Crippen molar-refractivity contribution in [1.82, 2.24) is 0 Å². The second kappa shape index (κ2) is 7.13. The number of hydrogen-bond donors (Lipinski definition) is 1. The van der Waals surface area contributed by atoms with E-state index < -0.39 is 5.97 Å². The first-order chi connectivity index (χ1) is 8.63. The standard InChI is InChI=1S/C14H15NO3/c1-11-4-6-13(18-9-3-2-8-15)12(10-11)5-7-14(16)17/h4-7,10H,2-3,9H2,1H3,(H,16,17)/b7-5+. The quantitative estimate of drug-likeness (QED) is 0.618. The zero-order valence-corrected chi connectivity index (χ0v) is 10.2. The number of rotatable bonds is 6. The molecule has 1 N–H and O–H groups in total. The fraction of sp³-hybridized carbons (Fsp3) is 0.286. The molecule has 4 heteroatoms. The molecule has 1 rings (SSSR count). The number of carboxylic acid groups (broad SMARTS) is 1. The molecule has 94 valence electrons. The number of carbonyl (C=O) groups is 1. The minimum atomic E-state index is -0.994. The second-order valence-electron chi connectivity index (χ2n) is 3.82. The molecule has 0 atom stereocenters. The highest BCUT2D eigenvalue weighted by molar-refractivity contribution is 5.85. The molecule has 0 amide bonds. The number of nitrogens with zero attached hydrogens (tertiary/aromatic N) is 1. The van der Waals surface area contributed by atoms with Crippen LogP contribution in [-0.4, -0.2) is 17.7 Å². The molecule has 1 aromatic rings. The molecule has 0 fully saturated rings. The van der Waals surface area contributed by atoms with Gasteiger partial charge in [-0.25, -0.2) is 4.79 Å². The Morgan fingerprint density at radius 2 is 2.33 bits per heavy atom. The van der Waals surface area contributed by atoms with Crippen molar-refractivity contribution in [2.45, 2.75) is 19.8 Å². The summed E-state index contributed by atoms with van der Waals surface area (Å²) in [4.78, 5) is 10.5. The van der Waals surface area contributed by atoms with Crippen LogP contribution in [0.3, 0.4) is 0 Å². The van der Waals surface area contributed by atoms with Crippen LogP contribution in [0, 0.1) is 18.3 Å². The SMILES string of the molecule is Cc1ccc(OCCCC#N)c(/C=C/C(=O)O)c1. The molecule has 0 aliphatic carbocycles. The van der Waals surface area contributed by atoms with Gasteiger partial charge in [-0.3, -0.25) is 0 Å². The van der Waals surface area contributed by atoms with Crippen LogP contribution in [-0.2, 0) is 4.79 Å². The summed E-state index contributed by atoms with van der Waals surface area (Å²) in [6.07, 6.45) is 3.70. The van der Waals surface area contributed by atoms with Gasteiger partial charge in [-0.05, 0) is 31.6 Å². The van der Waals surface area contributed by atoms with Crippen LogP contribution in [0.2, 0.25) is 0 Å². The fourth-order valence-corrected chi connectivity index (χ4v) is 1.42. The van der Waals surface area contributed by atoms with E-state index in [-0.39, 0.29) is 0 Å². The fourth-order valence-electron chi connectivity index (χ4n) is 1.42. The molecule has 0 unspecified atom stereocenters. The van der Waals surface area contributed by atoms with Crippen molar-refractivity contribution in [3.8, 4) is 11.8 Å². The Bertz CT molecular complexity index is 486. The highest BCUT2D eigenvalue weighted by Gasteiger charge is 2.02. The van der Waals surface area contributed by atoms with E-state index in [4.69, 9.17) is 15.1 Å². The minimum absolute atomic E-state index is 0.449. The van der Waals surface area contributed by atoms with Crippen LogP contribution < -0.4 is 4.74 Å². The second-order valence-corrected chi connectivity index (χ2v) is 3.82. The van der Waals surface area contributed by atoms with Gasteiger partial charge in [0.2, 0.25) is 0 Å². The summed E-state index contributed by atoms with van der Waals surface area (Å²) in [5.74, 6) is -0.358. The lowest BCUT2D eigenvalue weighted by atomic mass is 10.1. The molecule has 0 aromatic heterocycles. The molecule has 0 radical (unpaired) electrons. The number of unbranched alkanes of at least 4 members (excludes halogenated alkanes) is 1. The van der Waals surface area contributed by atoms with Crippen LogP contribution >= 0.6 is 0 Å². The predicted octanol–water partition coefficient (Wildman–Crippen LogP) is 2.78. The number of ether oxygens (including phenoxy) is 1. The summed E-state index contributed by atoms with van der Waals surface area (Å²) >= 11 is 0. The maximum absolute atomic E-state index is 10.5. The molecule has 0 aliphatic heterocycles. The van der Waals surface area contributed by atoms with Crippen molar-refractivity contribution in [3.05, 3.63) is 35.4 Å². The van der Waals surface area contributed by atoms with Crippen molar-refractivity contribution in [2.24, 2.45) is 0 Å². The first-order valence-electron chi connectivity index (χ1n) is 5.65. The number of carboxylic acids is 1. The molecular formula is C14H15NO3. The van der Waals surface area contributed by atoms with Gasteiger partial charge >= 0.3 is 5.97 Å². The van der Waals surface area contributed by atoms with E-state index in [1.54, 1.807) is 0 Å². The Kier molecular flexibility index (Phi) is 5.46. The first kappa shape index (κ1) is 13.8. The van der Waals surface area contributed by atoms with Gasteiger partial charge in [0.25, 0.3) is 0 Å². The average molecular weight is 245 g/mol. The average Bonchev–Trinajstić information content (AvgIpc) is 2.34. The van der Waals surface area contributed by atoms with E-state index in [2.05, 4.69) is 0 Å². The molecule has 0 saturated carbocycles. The lowest BCUT2D eigenvalue weighted by Gasteiger charge is -2.09. The summed E-state index contributed by atoms with van der Waals surface area (Å²) in [5.41, 5.74) is 1.76. The van der Waals surface area contributed by atoms with Crippen LogP contribution in [0.25, 0.3) is 6.08 Å². The Labute approximate surface area is 106 Å². The van der Waals surface area contributed by atoms with E-state index >= 15 is 0 Å². The van der Waals surface area contributed by atoms with Gasteiger partial charge in [-0.1, -0.05) is 11.6 Å². The minimum Gasteiger partial charge on any atom is -0.493 e. The third-order valence-corrected chi connectivity index (χ3v) is 2.26. The molecule has 0 saturated heterocycles. The monoisotopic (exact) mass is 245 g/mol. The summed E-state index contributed by atoms with van der Waals surface area (Å²) in [7, 11) is 0. The number of nitriles is 1. The molecule has 0 bridgehead atoms. The van der Waals surface area contributed by atoms with Gasteiger partial charge in [-0.15, -0.1) is 0 Å². The van der Waals surface area contributed by atoms with Crippen LogP contribution in [0.15, 0.2) is 24.3 Å². The smallest absolute Gasteiger partial charge is 0.328 e. The molecule has 0 spiro atoms. The molecule has 0 aliphatic rings. The largest absolute Gasteiger partial charge is 0.493 e. The van der Waals surface area contributed by atoms with Gasteiger partial charge < -0.3 is 9.84 Å². The predicted molar refractivity (Wildman–Crippen MR) is 68.2 cm³/mol. The Hall–Kier alpha value is -2.28. The first-order valence-corrected chi connectivity index (χ1v) is 5.65. The highest BCUT2D eigenvalue weighted by atomic mass is 16.5. The van der Waals surface area contributed by atoms with Gasteiger partial charge in [0.1, 0.15) is 5.75 Å². The van der Waals surface area contributed by atoms with E-state index in [9.17, 15) is 4.79 Å². The van der Waals surface area contributed by atoms with E-state index in [0.29, 0.717) is 25.2 Å². The van der Waals surface area contributed by atoms with Crippen molar-refractivity contribution in [3.63, 3.8) is 0 Å². The third-order valence-electron chi connectivity index (χ3n) is 2.26. The van der Waals surface area contributed by atoms with Gasteiger partial charge in [-0.2, -0.15) is 5.26 Å². The summed E-state index contributed by atoms with van der Waals surface area (Å²) in [6.45, 7) is 2.38. The number of aliphatic carboxylic acids is 1. The van der Waals surface area contributed by atoms with Gasteiger partial charge in [0, 0.05) is 18.1 Å². The third kappa shape index (κ3) is 4.71. The summed E-state index contributed by atoms with van der Waals surface area (Å²) in [6, 6.07) is 7.62. The maximum atomic E-state index is 10.5. The van der Waals surface area contributed by atoms with Gasteiger partial charge in [0.15, 0.2) is 0 Å². The highest BCUT2D eigenvalue weighted by Crippen LogP contribution is 2.21. The molecule has 18 heavy (non-hydrogen) atoms. The molecule has 1 aromatic carbocycles. The Morgan fingerprint density at radius 1 is 1.56 bits per heavy atom. The van der Waals surface area contributed by atoms with Crippen molar-refractivity contribution in [1.29, 1.82) is 5.26 Å². The van der Waals surface area contributed by atoms with Crippen LogP contribution in [0.4, 0.5) is 0 Å². The molecular weight excluding hydrogens is 230 g/mol. The Balaban J connectivity index is 2.77. The lowest BCUT2D eigenvalue weighted by molar-refractivity contribution is -0.131. The summed E-state index contributed by atoms with van der Waals surface area (Å²) < 4.78 is 5.53. The normalized spacial score (nSPS) is 10.2. The number of hydrogen-bond acceptors (Lipinski definition) is 3. The number of benzene rings is 1. The van der Waals surface area contributed by atoms with E-state index in [1.165, 1.54) is 6.08 Å². The lowest BCUT2D eigenvalue weighted by Crippen LogP contribution is -1.99. The zero-order chi connectivity index (χ0) is 13.4. The zero-order valence-electron chi connectivity index (χ0n) is 10.2. The van der Waals surface area contributed by atoms with E-state index in [0.717, 1.165) is 17.2 Å². The van der Waals surface area contributed by atoms with Gasteiger partial charge in [0.05, 0.1) is 12.7 Å². The van der Waals surface area contributed by atoms with Crippen molar-refractivity contribution < 1.29 is 14.6 Å². The maximum Gasteiger partial charge on any atom is 0.328 e. The van der Waals surface area contributed by atoms with Crippen molar-refractivity contribution >= 4 is 12.0 Å². The van der Waals surface area contributed by atoms with Crippen molar-refractivity contribution in [2.75, 3.05) is 6.61 Å². The van der Waals surface area contributed by atoms with Crippen LogP contribution in [0.1, 0.15) is 24.0 Å². The summed E-state index contributed by atoms with van der Waals surface area (Å²) in [5, 5.41) is 17.0. The molecule has 4 nitrogen and oxygen atoms in total. The topological polar surface area (TPSA) is 70.3 Å².